The van der Waals surface area contributed by atoms with Crippen LogP contribution < -0.4 is 16.0 Å². The summed E-state index contributed by atoms with van der Waals surface area (Å²) in [5, 5.41) is 8.80. The second kappa shape index (κ2) is 29.5. The maximum atomic E-state index is 15.4. The lowest BCUT2D eigenvalue weighted by Crippen LogP contribution is -2.36. The van der Waals surface area contributed by atoms with Crippen molar-refractivity contribution in [3.63, 3.8) is 0 Å². The van der Waals surface area contributed by atoms with E-state index >= 15 is 8.78 Å². The number of thioether (sulfide) groups is 1. The first kappa shape index (κ1) is 53.7. The van der Waals surface area contributed by atoms with Crippen molar-refractivity contribution < 1.29 is 56.0 Å². The van der Waals surface area contributed by atoms with Gasteiger partial charge in [0.15, 0.2) is 0 Å². The van der Waals surface area contributed by atoms with E-state index in [1.165, 1.54) is 17.8 Å². The van der Waals surface area contributed by atoms with Crippen LogP contribution in [-0.4, -0.2) is 161 Å². The predicted molar refractivity (Wildman–Crippen MR) is 255 cm³/mol. The second-order valence-electron chi connectivity index (χ2n) is 17.3. The predicted octanol–water partition coefficient (Wildman–Crippen LogP) is 4.73. The number of ketones is 1. The minimum absolute atomic E-state index is 0.0253. The lowest BCUT2D eigenvalue weighted by Gasteiger charge is -2.36. The first-order valence-electron chi connectivity index (χ1n) is 24.1. The van der Waals surface area contributed by atoms with Crippen LogP contribution in [0.3, 0.4) is 0 Å². The van der Waals surface area contributed by atoms with Gasteiger partial charge in [-0.05, 0) is 48.9 Å². The molecule has 2 saturated heterocycles. The van der Waals surface area contributed by atoms with Gasteiger partial charge in [0.05, 0.1) is 64.3 Å². The molecule has 6 rings (SSSR count). The molecule has 3 amide bonds. The zero-order chi connectivity index (χ0) is 48.6. The number of rotatable bonds is 32. The Morgan fingerprint density at radius 1 is 0.870 bits per heavy atom. The van der Waals surface area contributed by atoms with Crippen LogP contribution in [0.2, 0.25) is 0 Å². The zero-order valence-corrected chi connectivity index (χ0v) is 40.1. The molecule has 3 aromatic rings. The van der Waals surface area contributed by atoms with Crippen molar-refractivity contribution in [1.29, 1.82) is 0 Å². The van der Waals surface area contributed by atoms with E-state index in [0.717, 1.165) is 23.8 Å². The van der Waals surface area contributed by atoms with Gasteiger partial charge < -0.3 is 49.1 Å². The molecule has 2 fully saturated rings. The van der Waals surface area contributed by atoms with Crippen molar-refractivity contribution >= 4 is 35.3 Å². The maximum Gasteiger partial charge on any atom is 0.246 e. The van der Waals surface area contributed by atoms with E-state index in [2.05, 4.69) is 16.0 Å². The average Bonchev–Trinajstić information content (AvgIpc) is 4.09. The maximum absolute atomic E-state index is 15.4. The molecular weight excluding hydrogens is 918 g/mol. The van der Waals surface area contributed by atoms with Crippen molar-refractivity contribution in [1.82, 2.24) is 30.4 Å². The van der Waals surface area contributed by atoms with Crippen LogP contribution in [0.15, 0.2) is 66.9 Å². The Balaban J connectivity index is 0.900. The van der Waals surface area contributed by atoms with Crippen LogP contribution in [0.5, 0.6) is 0 Å². The van der Waals surface area contributed by atoms with Crippen LogP contribution in [0, 0.1) is 29.4 Å². The molecule has 3 N–H and O–H groups in total. The molecule has 3 aliphatic rings. The summed E-state index contributed by atoms with van der Waals surface area (Å²) >= 11 is 1.41. The SMILES string of the molecule is O=C(CCOCCOCCOCCOCCNC(=O)CCN1CC=CC1=O)NCCSCC(=O)C(C[C@@H]1CNC[C@@H]1F)[C@@H](c1nc(-c2cc(F)ccc2F)cn1Cc1ccccc1)C1CCOCC1. The topological polar surface area (TPSA) is 172 Å². The molecule has 0 radical (unpaired) electrons. The van der Waals surface area contributed by atoms with Crippen molar-refractivity contribution in [2.24, 2.45) is 17.8 Å². The third-order valence-corrected chi connectivity index (χ3v) is 13.4. The van der Waals surface area contributed by atoms with E-state index in [4.69, 9.17) is 28.7 Å². The number of carbonyl (C=O) groups excluding carboxylic acids is 4. The smallest absolute Gasteiger partial charge is 0.246 e. The van der Waals surface area contributed by atoms with Crippen molar-refractivity contribution in [2.75, 3.05) is 117 Å². The van der Waals surface area contributed by atoms with Crippen LogP contribution >= 0.6 is 11.8 Å². The molecule has 69 heavy (non-hydrogen) atoms. The number of imidazole rings is 1. The quantitative estimate of drug-likeness (QED) is 0.0737. The van der Waals surface area contributed by atoms with Gasteiger partial charge in [-0.25, -0.2) is 18.2 Å². The summed E-state index contributed by atoms with van der Waals surface area (Å²) in [5.74, 6) is -1.87. The van der Waals surface area contributed by atoms with E-state index in [-0.39, 0.29) is 78.3 Å². The van der Waals surface area contributed by atoms with Gasteiger partial charge >= 0.3 is 0 Å². The van der Waals surface area contributed by atoms with Crippen molar-refractivity contribution in [3.8, 4) is 11.3 Å². The highest BCUT2D eigenvalue weighted by atomic mass is 32.2. The molecule has 4 heterocycles. The number of nitrogens with zero attached hydrogens (tertiary/aromatic N) is 3. The van der Waals surface area contributed by atoms with Gasteiger partial charge in [0.1, 0.15) is 29.4 Å². The largest absolute Gasteiger partial charge is 0.381 e. The van der Waals surface area contributed by atoms with Gasteiger partial charge in [-0.2, -0.15) is 11.8 Å². The minimum atomic E-state index is -1.11. The Labute approximate surface area is 406 Å². The summed E-state index contributed by atoms with van der Waals surface area (Å²) in [5.41, 5.74) is 1.26. The Morgan fingerprint density at radius 3 is 2.26 bits per heavy atom. The van der Waals surface area contributed by atoms with E-state index in [9.17, 15) is 23.6 Å². The first-order valence-corrected chi connectivity index (χ1v) is 25.2. The average molecular weight is 985 g/mol. The Bertz CT molecular complexity index is 2100. The third kappa shape index (κ3) is 17.9. The minimum Gasteiger partial charge on any atom is -0.381 e. The number of Topliss-reactive ketones (excluding diaryl/α,β-unsaturated/α-hetero) is 1. The molecule has 1 aromatic heterocycles. The number of hydrogen-bond acceptors (Lipinski definition) is 12. The molecular formula is C50H67F3N6O9S. The Kier molecular flexibility index (Phi) is 23.0. The molecule has 15 nitrogen and oxygen atoms in total. The number of aromatic nitrogens is 2. The molecule has 0 saturated carbocycles. The summed E-state index contributed by atoms with van der Waals surface area (Å²) in [6.07, 6.45) is 5.95. The van der Waals surface area contributed by atoms with Gasteiger partial charge in [0, 0.05) is 113 Å². The molecule has 2 aromatic carbocycles. The van der Waals surface area contributed by atoms with Gasteiger partial charge in [-0.1, -0.05) is 36.4 Å². The Morgan fingerprint density at radius 2 is 1.57 bits per heavy atom. The van der Waals surface area contributed by atoms with E-state index in [0.29, 0.717) is 130 Å². The highest BCUT2D eigenvalue weighted by Gasteiger charge is 2.42. The fourth-order valence-electron chi connectivity index (χ4n) is 8.78. The molecule has 0 aliphatic carbocycles. The molecule has 3 aliphatic heterocycles. The number of alkyl halides is 1. The first-order chi connectivity index (χ1) is 33.7. The normalized spacial score (nSPS) is 18.2. The Hall–Kier alpha value is -4.63. The molecule has 378 valence electrons. The van der Waals surface area contributed by atoms with Crippen LogP contribution in [-0.2, 0) is 49.4 Å². The lowest BCUT2D eigenvalue weighted by molar-refractivity contribution is -0.126. The fourth-order valence-corrected chi connectivity index (χ4v) is 9.59. The number of nitrogens with one attached hydrogen (secondary N) is 3. The molecule has 0 spiro atoms. The summed E-state index contributed by atoms with van der Waals surface area (Å²) in [6, 6.07) is 13.0. The van der Waals surface area contributed by atoms with Gasteiger partial charge in [-0.15, -0.1) is 0 Å². The van der Waals surface area contributed by atoms with Crippen LogP contribution in [0.1, 0.15) is 49.4 Å². The van der Waals surface area contributed by atoms with Crippen LogP contribution in [0.25, 0.3) is 11.3 Å². The number of hydrogen-bond donors (Lipinski definition) is 3. The van der Waals surface area contributed by atoms with Crippen LogP contribution in [0.4, 0.5) is 13.2 Å². The molecule has 19 heteroatoms. The third-order valence-electron chi connectivity index (χ3n) is 12.4. The molecule has 1 unspecified atom stereocenters. The number of carbonyl (C=O) groups is 4. The summed E-state index contributed by atoms with van der Waals surface area (Å²) in [4.78, 5) is 57.2. The van der Waals surface area contributed by atoms with Crippen molar-refractivity contribution in [2.45, 2.75) is 50.7 Å². The van der Waals surface area contributed by atoms with E-state index < -0.39 is 29.6 Å². The van der Waals surface area contributed by atoms with E-state index in [1.807, 2.05) is 34.9 Å². The van der Waals surface area contributed by atoms with E-state index in [1.54, 1.807) is 17.2 Å². The summed E-state index contributed by atoms with van der Waals surface area (Å²) in [7, 11) is 0. The highest BCUT2D eigenvalue weighted by Crippen LogP contribution is 2.43. The number of ether oxygens (including phenoxy) is 5. The number of benzene rings is 2. The molecule has 4 atom stereocenters. The standard InChI is InChI=1S/C50H67F3N6O9S/c51-39-8-9-42(52)40(30-39)44-34-59(33-36-5-2-1-3-6-36)50(57-44)49(37-11-18-64-19-12-37)41(29-38-31-54-32-43(38)53)45(60)35-69-28-15-56-47(62)13-20-65-22-24-67-26-27-68-25-23-66-21-14-55-46(61)10-17-58-16-4-7-48(58)63/h1-9,30,34,37-38,41,43,49,54H,10-29,31-33,35H2,(H,55,61)(H,56,62)/t38-,41?,43+,49+/m1/s1. The monoisotopic (exact) mass is 984 g/mol. The summed E-state index contributed by atoms with van der Waals surface area (Å²) < 4.78 is 74.9. The number of amides is 3. The number of halogens is 3. The molecule has 0 bridgehead atoms. The summed E-state index contributed by atoms with van der Waals surface area (Å²) in [6.45, 7) is 6.46. The fraction of sp³-hybridized carbons (Fsp3) is 0.580. The van der Waals surface area contributed by atoms with Gasteiger partial charge in [0.25, 0.3) is 0 Å². The zero-order valence-electron chi connectivity index (χ0n) is 39.3. The second-order valence-corrected chi connectivity index (χ2v) is 18.4. The van der Waals surface area contributed by atoms with Crippen molar-refractivity contribution in [3.05, 3.63) is 89.9 Å². The lowest BCUT2D eigenvalue weighted by atomic mass is 9.72. The van der Waals surface area contributed by atoms with Gasteiger partial charge in [0.2, 0.25) is 17.7 Å². The van der Waals surface area contributed by atoms with Gasteiger partial charge in [-0.3, -0.25) is 19.2 Å². The highest BCUT2D eigenvalue weighted by molar-refractivity contribution is 7.99.